The van der Waals surface area contributed by atoms with Crippen LogP contribution < -0.4 is 10.1 Å². The maximum absolute atomic E-state index is 12.4. The number of Topliss-reactive ketones (excluding diaryl/α,β-unsaturated/α-hetero) is 1. The van der Waals surface area contributed by atoms with Gasteiger partial charge in [-0.1, -0.05) is 23.2 Å². The number of hydrogen-bond acceptors (Lipinski definition) is 4. The zero-order chi connectivity index (χ0) is 20.8. The summed E-state index contributed by atoms with van der Waals surface area (Å²) in [4.78, 5) is 25.6. The van der Waals surface area contributed by atoms with E-state index >= 15 is 0 Å². The zero-order valence-electron chi connectivity index (χ0n) is 15.4. The quantitative estimate of drug-likeness (QED) is 0.345. The number of amides is 1. The number of methoxy groups -OCH3 is 1. The molecule has 0 heterocycles. The summed E-state index contributed by atoms with van der Waals surface area (Å²) in [6, 6.07) is 19.0. The molecule has 0 fully saturated rings. The first kappa shape index (κ1) is 21.2. The van der Waals surface area contributed by atoms with Gasteiger partial charge in [0, 0.05) is 26.7 Å². The van der Waals surface area contributed by atoms with Crippen LogP contribution in [0.4, 0.5) is 5.69 Å². The van der Waals surface area contributed by atoms with Gasteiger partial charge in [-0.05, 0) is 66.7 Å². The van der Waals surface area contributed by atoms with Crippen LogP contribution in [0.3, 0.4) is 0 Å². The number of carbonyl (C=O) groups is 2. The Morgan fingerprint density at radius 1 is 0.966 bits per heavy atom. The van der Waals surface area contributed by atoms with Gasteiger partial charge in [-0.15, -0.1) is 11.8 Å². The van der Waals surface area contributed by atoms with Crippen LogP contribution in [0, 0.1) is 0 Å². The van der Waals surface area contributed by atoms with Crippen molar-refractivity contribution < 1.29 is 14.3 Å². The van der Waals surface area contributed by atoms with Gasteiger partial charge in [0.25, 0.3) is 5.91 Å². The maximum atomic E-state index is 12.4. The molecule has 0 spiro atoms. The minimum Gasteiger partial charge on any atom is -0.497 e. The second-order valence-electron chi connectivity index (χ2n) is 6.04. The fourth-order valence-electron chi connectivity index (χ4n) is 2.52. The van der Waals surface area contributed by atoms with Crippen molar-refractivity contribution in [1.29, 1.82) is 0 Å². The number of ether oxygens (including phenoxy) is 1. The van der Waals surface area contributed by atoms with E-state index in [1.54, 1.807) is 61.7 Å². The summed E-state index contributed by atoms with van der Waals surface area (Å²) in [6.07, 6.45) is 0. The van der Waals surface area contributed by atoms with E-state index in [9.17, 15) is 9.59 Å². The Labute approximate surface area is 183 Å². The third-order valence-corrected chi connectivity index (χ3v) is 5.63. The number of anilines is 1. The van der Waals surface area contributed by atoms with Crippen LogP contribution in [0.25, 0.3) is 0 Å². The smallest absolute Gasteiger partial charge is 0.255 e. The summed E-state index contributed by atoms with van der Waals surface area (Å²) >= 11 is 13.3. The van der Waals surface area contributed by atoms with Gasteiger partial charge < -0.3 is 10.1 Å². The normalized spacial score (nSPS) is 10.4. The molecule has 29 heavy (non-hydrogen) atoms. The standard InChI is InChI=1S/C22H17Cl2NO3S/c1-28-17-7-2-14(3-8-17)22(27)25-16-5-9-18(10-6-16)29-13-21(26)19-11-4-15(23)12-20(19)24/h2-12H,13H2,1H3,(H,25,27). The molecular weight excluding hydrogens is 429 g/mol. The number of hydrogen-bond donors (Lipinski definition) is 1. The number of ketones is 1. The predicted molar refractivity (Wildman–Crippen MR) is 119 cm³/mol. The minimum atomic E-state index is -0.208. The maximum Gasteiger partial charge on any atom is 0.255 e. The Morgan fingerprint density at radius 2 is 1.66 bits per heavy atom. The van der Waals surface area contributed by atoms with Crippen LogP contribution in [-0.2, 0) is 0 Å². The Bertz CT molecular complexity index is 1020. The molecule has 4 nitrogen and oxygen atoms in total. The molecule has 1 amide bonds. The number of carbonyl (C=O) groups excluding carboxylic acids is 2. The summed E-state index contributed by atoms with van der Waals surface area (Å²) in [5.41, 5.74) is 1.66. The van der Waals surface area contributed by atoms with Crippen LogP contribution in [0.15, 0.2) is 71.6 Å². The van der Waals surface area contributed by atoms with Crippen molar-refractivity contribution in [2.24, 2.45) is 0 Å². The van der Waals surface area contributed by atoms with Crippen LogP contribution in [0.1, 0.15) is 20.7 Å². The molecule has 0 aliphatic carbocycles. The van der Waals surface area contributed by atoms with Crippen LogP contribution in [0.5, 0.6) is 5.75 Å². The fraction of sp³-hybridized carbons (Fsp3) is 0.0909. The van der Waals surface area contributed by atoms with Crippen molar-refractivity contribution in [1.82, 2.24) is 0 Å². The van der Waals surface area contributed by atoms with E-state index in [0.29, 0.717) is 32.6 Å². The third kappa shape index (κ3) is 5.76. The lowest BCUT2D eigenvalue weighted by Gasteiger charge is -2.08. The van der Waals surface area contributed by atoms with E-state index in [1.165, 1.54) is 11.8 Å². The van der Waals surface area contributed by atoms with Gasteiger partial charge in [0.05, 0.1) is 17.9 Å². The molecule has 3 aromatic carbocycles. The second-order valence-corrected chi connectivity index (χ2v) is 7.94. The molecular formula is C22H17Cl2NO3S. The van der Waals surface area contributed by atoms with Gasteiger partial charge in [-0.2, -0.15) is 0 Å². The highest BCUT2D eigenvalue weighted by Crippen LogP contribution is 2.25. The monoisotopic (exact) mass is 445 g/mol. The topological polar surface area (TPSA) is 55.4 Å². The van der Waals surface area contributed by atoms with Crippen molar-refractivity contribution in [3.63, 3.8) is 0 Å². The summed E-state index contributed by atoms with van der Waals surface area (Å²) in [6.45, 7) is 0. The Kier molecular flexibility index (Phi) is 7.20. The summed E-state index contributed by atoms with van der Waals surface area (Å²) in [5, 5.41) is 3.68. The molecule has 3 rings (SSSR count). The minimum absolute atomic E-state index is 0.0754. The Hall–Kier alpha value is -2.47. The molecule has 0 saturated heterocycles. The van der Waals surface area contributed by atoms with Crippen LogP contribution >= 0.6 is 35.0 Å². The number of rotatable bonds is 7. The molecule has 1 N–H and O–H groups in total. The molecule has 0 saturated carbocycles. The number of halogens is 2. The summed E-state index contributed by atoms with van der Waals surface area (Å²) < 4.78 is 5.09. The zero-order valence-corrected chi connectivity index (χ0v) is 17.8. The van der Waals surface area contributed by atoms with Crippen molar-refractivity contribution in [3.05, 3.63) is 87.9 Å². The fourth-order valence-corrected chi connectivity index (χ4v) is 3.82. The largest absolute Gasteiger partial charge is 0.497 e. The van der Waals surface area contributed by atoms with Gasteiger partial charge >= 0.3 is 0 Å². The lowest BCUT2D eigenvalue weighted by Crippen LogP contribution is -2.11. The SMILES string of the molecule is COc1ccc(C(=O)Nc2ccc(SCC(=O)c3ccc(Cl)cc3Cl)cc2)cc1. The van der Waals surface area contributed by atoms with Crippen molar-refractivity contribution >= 4 is 52.3 Å². The van der Waals surface area contributed by atoms with Crippen molar-refractivity contribution in [2.45, 2.75) is 4.90 Å². The molecule has 0 bridgehead atoms. The van der Waals surface area contributed by atoms with E-state index < -0.39 is 0 Å². The third-order valence-electron chi connectivity index (χ3n) is 4.07. The average molecular weight is 446 g/mol. The van der Waals surface area contributed by atoms with Gasteiger partial charge in [0.1, 0.15) is 5.75 Å². The van der Waals surface area contributed by atoms with E-state index in [2.05, 4.69) is 5.32 Å². The molecule has 0 atom stereocenters. The number of nitrogens with one attached hydrogen (secondary N) is 1. The lowest BCUT2D eigenvalue weighted by molar-refractivity contribution is 0.101. The van der Waals surface area contributed by atoms with Gasteiger partial charge in [0.2, 0.25) is 0 Å². The molecule has 0 unspecified atom stereocenters. The molecule has 0 aromatic heterocycles. The van der Waals surface area contributed by atoms with Gasteiger partial charge in [0.15, 0.2) is 5.78 Å². The highest BCUT2D eigenvalue weighted by molar-refractivity contribution is 8.00. The van der Waals surface area contributed by atoms with E-state index in [4.69, 9.17) is 27.9 Å². The van der Waals surface area contributed by atoms with Gasteiger partial charge in [-0.3, -0.25) is 9.59 Å². The summed E-state index contributed by atoms with van der Waals surface area (Å²) in [7, 11) is 1.58. The number of benzene rings is 3. The van der Waals surface area contributed by atoms with Crippen molar-refractivity contribution in [3.8, 4) is 5.75 Å². The molecule has 148 valence electrons. The first-order valence-corrected chi connectivity index (χ1v) is 10.4. The molecule has 0 aliphatic rings. The van der Waals surface area contributed by atoms with Crippen LogP contribution in [-0.4, -0.2) is 24.6 Å². The summed E-state index contributed by atoms with van der Waals surface area (Å²) in [5.74, 6) is 0.658. The number of thioether (sulfide) groups is 1. The lowest BCUT2D eigenvalue weighted by atomic mass is 10.1. The first-order chi connectivity index (χ1) is 14.0. The first-order valence-electron chi connectivity index (χ1n) is 8.63. The van der Waals surface area contributed by atoms with E-state index in [-0.39, 0.29) is 17.4 Å². The van der Waals surface area contributed by atoms with E-state index in [0.717, 1.165) is 4.90 Å². The highest BCUT2D eigenvalue weighted by Gasteiger charge is 2.12. The molecule has 0 aliphatic heterocycles. The second kappa shape index (κ2) is 9.83. The Morgan fingerprint density at radius 3 is 2.28 bits per heavy atom. The average Bonchev–Trinajstić information content (AvgIpc) is 2.73. The predicted octanol–water partition coefficient (Wildman–Crippen LogP) is 6.23. The Balaban J connectivity index is 1.56. The molecule has 7 heteroatoms. The molecule has 0 radical (unpaired) electrons. The van der Waals surface area contributed by atoms with E-state index in [1.807, 2.05) is 12.1 Å². The van der Waals surface area contributed by atoms with Crippen LogP contribution in [0.2, 0.25) is 10.0 Å². The van der Waals surface area contributed by atoms with Crippen molar-refractivity contribution in [2.75, 3.05) is 18.2 Å². The van der Waals surface area contributed by atoms with Gasteiger partial charge in [-0.25, -0.2) is 0 Å². The molecule has 3 aromatic rings. The highest BCUT2D eigenvalue weighted by atomic mass is 35.5.